The third kappa shape index (κ3) is 3.85. The van der Waals surface area contributed by atoms with Gasteiger partial charge in [0.1, 0.15) is 5.56 Å². The summed E-state index contributed by atoms with van der Waals surface area (Å²) in [5.41, 5.74) is 0.225. The Morgan fingerprint density at radius 2 is 2.10 bits per heavy atom. The minimum Gasteiger partial charge on any atom is -0.393 e. The van der Waals surface area contributed by atoms with Crippen molar-refractivity contribution in [1.29, 1.82) is 0 Å². The summed E-state index contributed by atoms with van der Waals surface area (Å²) in [6.07, 6.45) is 0.304. The van der Waals surface area contributed by atoms with E-state index in [0.29, 0.717) is 17.9 Å². The van der Waals surface area contributed by atoms with E-state index in [0.717, 1.165) is 0 Å². The lowest BCUT2D eigenvalue weighted by atomic mass is 10.0. The van der Waals surface area contributed by atoms with E-state index < -0.39 is 11.0 Å². The first-order valence-corrected chi connectivity index (χ1v) is 6.71. The fourth-order valence-electron chi connectivity index (χ4n) is 2.10. The van der Waals surface area contributed by atoms with Gasteiger partial charge in [-0.3, -0.25) is 10.1 Å². The van der Waals surface area contributed by atoms with Gasteiger partial charge in [0.25, 0.3) is 5.69 Å². The second kappa shape index (κ2) is 6.45. The summed E-state index contributed by atoms with van der Waals surface area (Å²) < 4.78 is 5.06. The molecular weight excluding hydrogens is 274 g/mol. The molecule has 1 N–H and O–H groups in total. The van der Waals surface area contributed by atoms with Crippen LogP contribution >= 0.6 is 0 Å². The summed E-state index contributed by atoms with van der Waals surface area (Å²) in [7, 11) is 0. The van der Waals surface area contributed by atoms with Gasteiger partial charge in [0.15, 0.2) is 0 Å². The molecule has 0 saturated carbocycles. The van der Waals surface area contributed by atoms with Gasteiger partial charge < -0.3 is 9.63 Å². The van der Waals surface area contributed by atoms with Crippen molar-refractivity contribution in [3.63, 3.8) is 0 Å². The standard InChI is InChI=1S/C14H17N3O4/c1-9(2)7-10(18)8-13-15-14(16-21-13)11-5-3-4-6-12(11)17(19)20/h3-6,9-10,18H,7-8H2,1-2H3. The van der Waals surface area contributed by atoms with E-state index >= 15 is 0 Å². The molecular formula is C14H17N3O4. The molecule has 2 rings (SSSR count). The molecule has 1 unspecified atom stereocenters. The van der Waals surface area contributed by atoms with Gasteiger partial charge in [-0.25, -0.2) is 0 Å². The summed E-state index contributed by atoms with van der Waals surface area (Å²) >= 11 is 0. The normalized spacial score (nSPS) is 12.6. The largest absolute Gasteiger partial charge is 0.393 e. The maximum Gasteiger partial charge on any atom is 0.280 e. The van der Waals surface area contributed by atoms with E-state index in [9.17, 15) is 15.2 Å². The molecule has 7 heteroatoms. The minimum absolute atomic E-state index is 0.0763. The Morgan fingerprint density at radius 3 is 2.76 bits per heavy atom. The molecule has 0 fully saturated rings. The van der Waals surface area contributed by atoms with Crippen molar-refractivity contribution in [2.45, 2.75) is 32.8 Å². The number of nitro groups is 1. The maximum absolute atomic E-state index is 11.0. The SMILES string of the molecule is CC(C)CC(O)Cc1nc(-c2ccccc2[N+](=O)[O-])no1. The van der Waals surface area contributed by atoms with Crippen LogP contribution in [0.3, 0.4) is 0 Å². The van der Waals surface area contributed by atoms with Crippen LogP contribution in [0.5, 0.6) is 0 Å². The molecule has 0 spiro atoms. The number of aliphatic hydroxyl groups excluding tert-OH is 1. The van der Waals surface area contributed by atoms with E-state index in [1.807, 2.05) is 13.8 Å². The summed E-state index contributed by atoms with van der Waals surface area (Å²) in [6.45, 7) is 4.02. The highest BCUT2D eigenvalue weighted by molar-refractivity contribution is 5.67. The minimum atomic E-state index is -0.566. The van der Waals surface area contributed by atoms with Crippen molar-refractivity contribution in [2.24, 2.45) is 5.92 Å². The Labute approximate surface area is 121 Å². The Kier molecular flexibility index (Phi) is 4.64. The van der Waals surface area contributed by atoms with Crippen LogP contribution in [0.25, 0.3) is 11.4 Å². The van der Waals surface area contributed by atoms with Gasteiger partial charge in [-0.2, -0.15) is 4.98 Å². The molecule has 0 aliphatic rings. The molecule has 1 aromatic carbocycles. The lowest BCUT2D eigenvalue weighted by Crippen LogP contribution is -2.13. The maximum atomic E-state index is 11.0. The van der Waals surface area contributed by atoms with Gasteiger partial charge in [0.05, 0.1) is 17.4 Å². The lowest BCUT2D eigenvalue weighted by Gasteiger charge is -2.09. The van der Waals surface area contributed by atoms with Crippen molar-refractivity contribution < 1.29 is 14.6 Å². The predicted octanol–water partition coefficient (Wildman–Crippen LogP) is 2.59. The summed E-state index contributed by atoms with van der Waals surface area (Å²) in [4.78, 5) is 14.6. The Morgan fingerprint density at radius 1 is 1.38 bits per heavy atom. The van der Waals surface area contributed by atoms with E-state index in [1.165, 1.54) is 6.07 Å². The van der Waals surface area contributed by atoms with E-state index in [-0.39, 0.29) is 23.8 Å². The smallest absolute Gasteiger partial charge is 0.280 e. The third-order valence-corrected chi connectivity index (χ3v) is 2.96. The molecule has 0 aliphatic heterocycles. The van der Waals surface area contributed by atoms with E-state index in [4.69, 9.17) is 4.52 Å². The second-order valence-corrected chi connectivity index (χ2v) is 5.27. The quantitative estimate of drug-likeness (QED) is 0.648. The third-order valence-electron chi connectivity index (χ3n) is 2.96. The average molecular weight is 291 g/mol. The molecule has 0 saturated heterocycles. The predicted molar refractivity (Wildman–Crippen MR) is 75.6 cm³/mol. The highest BCUT2D eigenvalue weighted by Crippen LogP contribution is 2.27. The van der Waals surface area contributed by atoms with Crippen LogP contribution in [-0.4, -0.2) is 26.3 Å². The fraction of sp³-hybridized carbons (Fsp3) is 0.429. The molecule has 21 heavy (non-hydrogen) atoms. The number of nitrogens with zero attached hydrogens (tertiary/aromatic N) is 3. The van der Waals surface area contributed by atoms with Crippen molar-refractivity contribution >= 4 is 5.69 Å². The van der Waals surface area contributed by atoms with Crippen molar-refractivity contribution in [3.05, 3.63) is 40.3 Å². The first-order valence-electron chi connectivity index (χ1n) is 6.71. The molecule has 0 radical (unpaired) electrons. The molecule has 1 atom stereocenters. The van der Waals surface area contributed by atoms with E-state index in [1.54, 1.807) is 18.2 Å². The molecule has 0 amide bonds. The number of para-hydroxylation sites is 1. The monoisotopic (exact) mass is 291 g/mol. The Balaban J connectivity index is 2.19. The number of nitro benzene ring substituents is 1. The van der Waals surface area contributed by atoms with Crippen molar-refractivity contribution in [2.75, 3.05) is 0 Å². The van der Waals surface area contributed by atoms with Crippen LogP contribution in [0.2, 0.25) is 0 Å². The lowest BCUT2D eigenvalue weighted by molar-refractivity contribution is -0.384. The molecule has 112 valence electrons. The number of rotatable bonds is 6. The number of hydrogen-bond acceptors (Lipinski definition) is 6. The summed E-state index contributed by atoms with van der Waals surface area (Å²) in [5.74, 6) is 0.794. The highest BCUT2D eigenvalue weighted by atomic mass is 16.6. The van der Waals surface area contributed by atoms with Crippen molar-refractivity contribution in [3.8, 4) is 11.4 Å². The number of hydrogen-bond donors (Lipinski definition) is 1. The number of aromatic nitrogens is 2. The molecule has 7 nitrogen and oxygen atoms in total. The van der Waals surface area contributed by atoms with Gasteiger partial charge in [-0.05, 0) is 18.4 Å². The van der Waals surface area contributed by atoms with E-state index in [2.05, 4.69) is 10.1 Å². The second-order valence-electron chi connectivity index (χ2n) is 5.27. The van der Waals surface area contributed by atoms with Crippen LogP contribution in [-0.2, 0) is 6.42 Å². The van der Waals surface area contributed by atoms with Crippen LogP contribution in [0, 0.1) is 16.0 Å². The molecule has 1 heterocycles. The number of aliphatic hydroxyl groups is 1. The van der Waals surface area contributed by atoms with Gasteiger partial charge in [0.2, 0.25) is 11.7 Å². The van der Waals surface area contributed by atoms with Gasteiger partial charge in [0, 0.05) is 6.07 Å². The van der Waals surface area contributed by atoms with Crippen LogP contribution in [0.1, 0.15) is 26.2 Å². The van der Waals surface area contributed by atoms with Crippen LogP contribution < -0.4 is 0 Å². The Hall–Kier alpha value is -2.28. The highest BCUT2D eigenvalue weighted by Gasteiger charge is 2.20. The summed E-state index contributed by atoms with van der Waals surface area (Å²) in [5, 5.41) is 24.6. The topological polar surface area (TPSA) is 102 Å². The first kappa shape index (κ1) is 15.1. The average Bonchev–Trinajstić information content (AvgIpc) is 2.85. The number of benzene rings is 1. The first-order chi connectivity index (χ1) is 9.97. The van der Waals surface area contributed by atoms with Crippen LogP contribution in [0.15, 0.2) is 28.8 Å². The molecule has 1 aromatic heterocycles. The zero-order chi connectivity index (χ0) is 15.4. The van der Waals surface area contributed by atoms with Gasteiger partial charge in [-0.15, -0.1) is 0 Å². The van der Waals surface area contributed by atoms with Crippen molar-refractivity contribution in [1.82, 2.24) is 10.1 Å². The zero-order valence-electron chi connectivity index (χ0n) is 11.9. The van der Waals surface area contributed by atoms with Crippen LogP contribution in [0.4, 0.5) is 5.69 Å². The summed E-state index contributed by atoms with van der Waals surface area (Å²) in [6, 6.07) is 6.21. The molecule has 2 aromatic rings. The van der Waals surface area contributed by atoms with Gasteiger partial charge >= 0.3 is 0 Å². The Bertz CT molecular complexity index is 624. The zero-order valence-corrected chi connectivity index (χ0v) is 11.9. The van der Waals surface area contributed by atoms with Gasteiger partial charge in [-0.1, -0.05) is 31.1 Å². The fourth-order valence-corrected chi connectivity index (χ4v) is 2.10. The molecule has 0 bridgehead atoms. The molecule has 0 aliphatic carbocycles.